The van der Waals surface area contributed by atoms with Crippen LogP contribution in [0.3, 0.4) is 0 Å². The Kier molecular flexibility index (Phi) is 4.13. The van der Waals surface area contributed by atoms with Gasteiger partial charge in [0.05, 0.1) is 14.2 Å². The van der Waals surface area contributed by atoms with E-state index in [4.69, 9.17) is 9.47 Å². The number of methoxy groups -OCH3 is 2. The molecular formula is C16H22O3. The van der Waals surface area contributed by atoms with Crippen LogP contribution in [0.25, 0.3) is 0 Å². The first-order valence-corrected chi connectivity index (χ1v) is 6.93. The van der Waals surface area contributed by atoms with Gasteiger partial charge in [-0.25, -0.2) is 0 Å². The van der Waals surface area contributed by atoms with Gasteiger partial charge in [-0.3, -0.25) is 4.79 Å². The second kappa shape index (κ2) is 5.64. The number of carbonyl (C=O) groups excluding carboxylic acids is 1. The molecule has 1 fully saturated rings. The monoisotopic (exact) mass is 262 g/mol. The Labute approximate surface area is 114 Å². The van der Waals surface area contributed by atoms with Crippen molar-refractivity contribution in [2.75, 3.05) is 14.2 Å². The van der Waals surface area contributed by atoms with Gasteiger partial charge in [-0.15, -0.1) is 0 Å². The largest absolute Gasteiger partial charge is 0.497 e. The highest BCUT2D eigenvalue weighted by atomic mass is 16.5. The average molecular weight is 262 g/mol. The minimum absolute atomic E-state index is 0.169. The predicted octanol–water partition coefficient (Wildman–Crippen LogP) is 3.86. The van der Waals surface area contributed by atoms with Gasteiger partial charge in [0.15, 0.2) is 5.78 Å². The Morgan fingerprint density at radius 2 is 1.63 bits per heavy atom. The van der Waals surface area contributed by atoms with Gasteiger partial charge < -0.3 is 9.47 Å². The van der Waals surface area contributed by atoms with Crippen molar-refractivity contribution in [3.63, 3.8) is 0 Å². The molecule has 0 heterocycles. The maximum Gasteiger partial charge on any atom is 0.169 e. The number of benzene rings is 1. The maximum atomic E-state index is 12.8. The van der Waals surface area contributed by atoms with Gasteiger partial charge in [-0.05, 0) is 31.4 Å². The van der Waals surface area contributed by atoms with E-state index < -0.39 is 0 Å². The van der Waals surface area contributed by atoms with Crippen LogP contribution in [0.1, 0.15) is 49.4 Å². The van der Waals surface area contributed by atoms with E-state index in [1.165, 1.54) is 0 Å². The Bertz CT molecular complexity index is 437. The summed E-state index contributed by atoms with van der Waals surface area (Å²) in [6, 6.07) is 5.44. The summed E-state index contributed by atoms with van der Waals surface area (Å²) in [5.74, 6) is 1.59. The Morgan fingerprint density at radius 3 is 2.05 bits per heavy atom. The van der Waals surface area contributed by atoms with E-state index in [2.05, 4.69) is 6.92 Å². The molecule has 2 rings (SSSR count). The van der Waals surface area contributed by atoms with E-state index in [9.17, 15) is 4.79 Å². The number of hydrogen-bond acceptors (Lipinski definition) is 3. The molecule has 1 aliphatic rings. The van der Waals surface area contributed by atoms with E-state index in [0.29, 0.717) is 17.1 Å². The lowest BCUT2D eigenvalue weighted by Crippen LogP contribution is -2.27. The number of rotatable bonds is 5. The van der Waals surface area contributed by atoms with Crippen LogP contribution < -0.4 is 9.47 Å². The maximum absolute atomic E-state index is 12.8. The highest BCUT2D eigenvalue weighted by Gasteiger charge is 2.39. The Balaban J connectivity index is 2.37. The van der Waals surface area contributed by atoms with Crippen LogP contribution in [0.2, 0.25) is 0 Å². The standard InChI is InChI=1S/C16H22O3/c1-4-16(7-5-6-8-16)15(17)12-9-13(18-2)11-14(10-12)19-3/h9-11H,4-8H2,1-3H3. The first-order chi connectivity index (χ1) is 9.15. The summed E-state index contributed by atoms with van der Waals surface area (Å²) < 4.78 is 10.5. The van der Waals surface area contributed by atoms with Gasteiger partial charge in [0.2, 0.25) is 0 Å². The van der Waals surface area contributed by atoms with Crippen LogP contribution in [0.5, 0.6) is 11.5 Å². The van der Waals surface area contributed by atoms with Crippen molar-refractivity contribution in [3.8, 4) is 11.5 Å². The third kappa shape index (κ3) is 2.60. The van der Waals surface area contributed by atoms with E-state index in [-0.39, 0.29) is 11.2 Å². The summed E-state index contributed by atoms with van der Waals surface area (Å²) in [7, 11) is 3.21. The molecule has 0 atom stereocenters. The first kappa shape index (κ1) is 13.9. The van der Waals surface area contributed by atoms with Crippen LogP contribution in [0, 0.1) is 5.41 Å². The topological polar surface area (TPSA) is 35.5 Å². The smallest absolute Gasteiger partial charge is 0.169 e. The number of Topliss-reactive ketones (excluding diaryl/α,β-unsaturated/α-hetero) is 1. The summed E-state index contributed by atoms with van der Waals surface area (Å²) in [5.41, 5.74) is 0.539. The highest BCUT2D eigenvalue weighted by Crippen LogP contribution is 2.44. The molecular weight excluding hydrogens is 240 g/mol. The van der Waals surface area contributed by atoms with Crippen molar-refractivity contribution in [2.45, 2.75) is 39.0 Å². The zero-order chi connectivity index (χ0) is 13.9. The second-order valence-corrected chi connectivity index (χ2v) is 5.27. The van der Waals surface area contributed by atoms with Crippen LogP contribution in [0.15, 0.2) is 18.2 Å². The second-order valence-electron chi connectivity index (χ2n) is 5.27. The summed E-state index contributed by atoms with van der Waals surface area (Å²) in [6.07, 6.45) is 5.22. The molecule has 0 aromatic heterocycles. The summed E-state index contributed by atoms with van der Waals surface area (Å²) in [5, 5.41) is 0. The molecule has 104 valence electrons. The minimum atomic E-state index is -0.169. The van der Waals surface area contributed by atoms with Crippen molar-refractivity contribution in [1.82, 2.24) is 0 Å². The van der Waals surface area contributed by atoms with Crippen molar-refractivity contribution >= 4 is 5.78 Å². The van der Waals surface area contributed by atoms with Crippen molar-refractivity contribution in [1.29, 1.82) is 0 Å². The summed E-state index contributed by atoms with van der Waals surface area (Å²) in [6.45, 7) is 2.11. The molecule has 1 aromatic carbocycles. The quantitative estimate of drug-likeness (QED) is 0.756. The third-order valence-electron chi connectivity index (χ3n) is 4.33. The molecule has 0 amide bonds. The number of ether oxygens (including phenoxy) is 2. The van der Waals surface area contributed by atoms with Crippen molar-refractivity contribution in [3.05, 3.63) is 23.8 Å². The normalized spacial score (nSPS) is 17.2. The van der Waals surface area contributed by atoms with E-state index in [1.54, 1.807) is 20.3 Å². The zero-order valence-electron chi connectivity index (χ0n) is 12.0. The molecule has 0 aliphatic heterocycles. The zero-order valence-corrected chi connectivity index (χ0v) is 12.0. The molecule has 19 heavy (non-hydrogen) atoms. The van der Waals surface area contributed by atoms with Crippen molar-refractivity contribution in [2.24, 2.45) is 5.41 Å². The molecule has 3 heteroatoms. The fourth-order valence-electron chi connectivity index (χ4n) is 3.04. The van der Waals surface area contributed by atoms with E-state index in [0.717, 1.165) is 32.1 Å². The van der Waals surface area contributed by atoms with Gasteiger partial charge in [0, 0.05) is 17.0 Å². The van der Waals surface area contributed by atoms with Crippen LogP contribution in [0.4, 0.5) is 0 Å². The van der Waals surface area contributed by atoms with Crippen LogP contribution >= 0.6 is 0 Å². The number of hydrogen-bond donors (Lipinski definition) is 0. The van der Waals surface area contributed by atoms with Crippen molar-refractivity contribution < 1.29 is 14.3 Å². The fourth-order valence-corrected chi connectivity index (χ4v) is 3.04. The molecule has 0 saturated heterocycles. The first-order valence-electron chi connectivity index (χ1n) is 6.93. The fraction of sp³-hybridized carbons (Fsp3) is 0.562. The highest BCUT2D eigenvalue weighted by molar-refractivity contribution is 6.01. The lowest BCUT2D eigenvalue weighted by molar-refractivity contribution is 0.0790. The lowest BCUT2D eigenvalue weighted by atomic mass is 9.76. The Hall–Kier alpha value is -1.51. The summed E-state index contributed by atoms with van der Waals surface area (Å²) >= 11 is 0. The molecule has 0 N–H and O–H groups in total. The predicted molar refractivity (Wildman–Crippen MR) is 75.1 cm³/mol. The van der Waals surface area contributed by atoms with E-state index in [1.807, 2.05) is 12.1 Å². The van der Waals surface area contributed by atoms with Gasteiger partial charge in [-0.1, -0.05) is 19.8 Å². The van der Waals surface area contributed by atoms with Crippen LogP contribution in [-0.4, -0.2) is 20.0 Å². The average Bonchev–Trinajstić information content (AvgIpc) is 2.95. The third-order valence-corrected chi connectivity index (χ3v) is 4.33. The molecule has 1 aliphatic carbocycles. The molecule has 1 saturated carbocycles. The van der Waals surface area contributed by atoms with Gasteiger partial charge in [0.25, 0.3) is 0 Å². The minimum Gasteiger partial charge on any atom is -0.497 e. The molecule has 3 nitrogen and oxygen atoms in total. The van der Waals surface area contributed by atoms with Gasteiger partial charge in [0.1, 0.15) is 11.5 Å². The molecule has 1 aromatic rings. The molecule has 0 bridgehead atoms. The number of ketones is 1. The Morgan fingerprint density at radius 1 is 1.11 bits per heavy atom. The van der Waals surface area contributed by atoms with Gasteiger partial charge in [-0.2, -0.15) is 0 Å². The van der Waals surface area contributed by atoms with Gasteiger partial charge >= 0.3 is 0 Å². The van der Waals surface area contributed by atoms with Crippen LogP contribution in [-0.2, 0) is 0 Å². The lowest BCUT2D eigenvalue weighted by Gasteiger charge is -2.26. The SMILES string of the molecule is CCC1(C(=O)c2cc(OC)cc(OC)c2)CCCC1. The molecule has 0 radical (unpaired) electrons. The molecule has 0 unspecified atom stereocenters. The van der Waals surface area contributed by atoms with E-state index >= 15 is 0 Å². The number of carbonyl (C=O) groups is 1. The summed E-state index contributed by atoms with van der Waals surface area (Å²) in [4.78, 5) is 12.8. The molecule has 0 spiro atoms.